The Morgan fingerprint density at radius 1 is 1.00 bits per heavy atom. The third-order valence-electron chi connectivity index (χ3n) is 7.32. The lowest BCUT2D eigenvalue weighted by molar-refractivity contribution is -0.116. The van der Waals surface area contributed by atoms with Gasteiger partial charge in [0.05, 0.1) is 11.6 Å². The molecule has 0 radical (unpaired) electrons. The maximum absolute atomic E-state index is 13.6. The zero-order chi connectivity index (χ0) is 28.2. The number of nitrogens with zero attached hydrogens (tertiary/aromatic N) is 3. The number of nitrogens with one attached hydrogen (secondary N) is 1. The number of carbonyl (C=O) groups excluding carboxylic acids is 1. The highest BCUT2D eigenvalue weighted by Gasteiger charge is 2.40. The fraction of sp³-hybridized carbons (Fsp3) is 0.310. The van der Waals surface area contributed by atoms with Gasteiger partial charge in [-0.25, -0.2) is 8.78 Å². The van der Waals surface area contributed by atoms with Gasteiger partial charge in [-0.1, -0.05) is 36.4 Å². The summed E-state index contributed by atoms with van der Waals surface area (Å²) < 4.78 is 54.9. The second-order valence-electron chi connectivity index (χ2n) is 9.92. The number of halogens is 2. The fourth-order valence-corrected chi connectivity index (χ4v) is 6.10. The molecule has 39 heavy (non-hydrogen) atoms. The van der Waals surface area contributed by atoms with E-state index < -0.39 is 27.3 Å². The van der Waals surface area contributed by atoms with Crippen molar-refractivity contribution in [1.29, 1.82) is 5.26 Å². The Balaban J connectivity index is 1.56. The molecule has 0 unspecified atom stereocenters. The van der Waals surface area contributed by atoms with E-state index in [1.165, 1.54) is 28.8 Å². The Labute approximate surface area is 227 Å². The number of anilines is 1. The molecule has 0 aromatic heterocycles. The van der Waals surface area contributed by atoms with Crippen molar-refractivity contribution in [1.82, 2.24) is 8.61 Å². The predicted octanol–water partition coefficient (Wildman–Crippen LogP) is 5.06. The van der Waals surface area contributed by atoms with Gasteiger partial charge in [0.1, 0.15) is 0 Å². The van der Waals surface area contributed by atoms with Crippen LogP contribution >= 0.6 is 0 Å². The molecule has 10 heteroatoms. The smallest absolute Gasteiger partial charge is 0.281 e. The summed E-state index contributed by atoms with van der Waals surface area (Å²) in [5.74, 6) is -2.37. The number of carbonyl (C=O) groups is 1. The number of hydrogen-bond donors (Lipinski definition) is 1. The largest absolute Gasteiger partial charge is 0.326 e. The maximum atomic E-state index is 13.6. The standard InChI is InChI=1S/C29H30F2N4O3S/c1-34(2)39(37,38)35-16-14-29(15-17-35,13-12-28(36)33-25-10-11-26(30)27(31)19-25)24-8-6-22(7-9-24)23-5-3-4-21(18-23)20-32/h3-11,18-19H,12-17H2,1-2H3,(H,33,36). The van der Waals surface area contributed by atoms with Crippen LogP contribution in [0.15, 0.2) is 66.7 Å². The Morgan fingerprint density at radius 3 is 2.31 bits per heavy atom. The fourth-order valence-electron chi connectivity index (χ4n) is 4.99. The van der Waals surface area contributed by atoms with E-state index in [1.807, 2.05) is 42.5 Å². The van der Waals surface area contributed by atoms with Crippen LogP contribution in [0, 0.1) is 23.0 Å². The van der Waals surface area contributed by atoms with Crippen LogP contribution in [0.1, 0.15) is 36.8 Å². The van der Waals surface area contributed by atoms with Gasteiger partial charge in [0, 0.05) is 45.4 Å². The molecule has 0 bridgehead atoms. The van der Waals surface area contributed by atoms with Crippen molar-refractivity contribution in [2.45, 2.75) is 31.1 Å². The first-order valence-electron chi connectivity index (χ1n) is 12.6. The molecule has 7 nitrogen and oxygen atoms in total. The molecule has 0 saturated carbocycles. The summed E-state index contributed by atoms with van der Waals surface area (Å²) in [5, 5.41) is 11.8. The van der Waals surface area contributed by atoms with Crippen LogP contribution < -0.4 is 5.32 Å². The second kappa shape index (κ2) is 11.6. The Morgan fingerprint density at radius 2 is 1.69 bits per heavy atom. The van der Waals surface area contributed by atoms with Crippen molar-refractivity contribution < 1.29 is 22.0 Å². The van der Waals surface area contributed by atoms with Gasteiger partial charge in [0.25, 0.3) is 10.2 Å². The van der Waals surface area contributed by atoms with Crippen LogP contribution in [0.5, 0.6) is 0 Å². The van der Waals surface area contributed by atoms with Gasteiger partial charge in [-0.3, -0.25) is 4.79 Å². The van der Waals surface area contributed by atoms with Crippen LogP contribution in [-0.4, -0.2) is 50.1 Å². The maximum Gasteiger partial charge on any atom is 0.281 e. The van der Waals surface area contributed by atoms with Gasteiger partial charge in [-0.2, -0.15) is 22.3 Å². The van der Waals surface area contributed by atoms with Gasteiger partial charge in [-0.15, -0.1) is 0 Å². The van der Waals surface area contributed by atoms with Gasteiger partial charge in [0.2, 0.25) is 5.91 Å². The first-order chi connectivity index (χ1) is 18.5. The van der Waals surface area contributed by atoms with E-state index in [9.17, 15) is 27.3 Å². The first kappa shape index (κ1) is 28.4. The monoisotopic (exact) mass is 552 g/mol. The summed E-state index contributed by atoms with van der Waals surface area (Å²) in [4.78, 5) is 12.8. The quantitative estimate of drug-likeness (QED) is 0.423. The molecular weight excluding hydrogens is 522 g/mol. The van der Waals surface area contributed by atoms with Gasteiger partial charge in [-0.05, 0) is 65.6 Å². The number of piperidine rings is 1. The highest BCUT2D eigenvalue weighted by Crippen LogP contribution is 2.41. The van der Waals surface area contributed by atoms with E-state index in [0.29, 0.717) is 37.9 Å². The lowest BCUT2D eigenvalue weighted by atomic mass is 9.70. The van der Waals surface area contributed by atoms with Crippen molar-refractivity contribution in [3.05, 3.63) is 89.5 Å². The zero-order valence-electron chi connectivity index (χ0n) is 21.8. The van der Waals surface area contributed by atoms with Crippen molar-refractivity contribution in [3.8, 4) is 17.2 Å². The average molecular weight is 553 g/mol. The van der Waals surface area contributed by atoms with E-state index in [-0.39, 0.29) is 18.0 Å². The summed E-state index contributed by atoms with van der Waals surface area (Å²) in [5.41, 5.74) is 3.11. The number of rotatable bonds is 8. The third kappa shape index (κ3) is 6.33. The minimum absolute atomic E-state index is 0.116. The lowest BCUT2D eigenvalue weighted by Crippen LogP contribution is -2.48. The molecule has 0 atom stereocenters. The summed E-state index contributed by atoms with van der Waals surface area (Å²) in [6, 6.07) is 20.6. The number of amides is 1. The molecular formula is C29H30F2N4O3S. The highest BCUT2D eigenvalue weighted by atomic mass is 32.2. The summed E-state index contributed by atoms with van der Waals surface area (Å²) in [6.45, 7) is 0.606. The molecule has 3 aromatic rings. The molecule has 0 aliphatic carbocycles. The third-order valence-corrected chi connectivity index (χ3v) is 9.26. The van der Waals surface area contributed by atoms with E-state index >= 15 is 0 Å². The molecule has 204 valence electrons. The van der Waals surface area contributed by atoms with Gasteiger partial charge in [0.15, 0.2) is 11.6 Å². The van der Waals surface area contributed by atoms with Crippen LogP contribution in [0.2, 0.25) is 0 Å². The minimum Gasteiger partial charge on any atom is -0.326 e. The highest BCUT2D eigenvalue weighted by molar-refractivity contribution is 7.86. The molecule has 1 aliphatic heterocycles. The van der Waals surface area contributed by atoms with Crippen molar-refractivity contribution in [2.75, 3.05) is 32.5 Å². The van der Waals surface area contributed by atoms with Crippen LogP contribution in [0.25, 0.3) is 11.1 Å². The Hall–Kier alpha value is -3.65. The molecule has 1 fully saturated rings. The molecule has 1 saturated heterocycles. The van der Waals surface area contributed by atoms with Crippen molar-refractivity contribution >= 4 is 21.8 Å². The van der Waals surface area contributed by atoms with E-state index in [2.05, 4.69) is 11.4 Å². The van der Waals surface area contributed by atoms with E-state index in [0.717, 1.165) is 28.8 Å². The van der Waals surface area contributed by atoms with Gasteiger partial charge < -0.3 is 5.32 Å². The first-order valence-corrected chi connectivity index (χ1v) is 14.0. The Bertz CT molecular complexity index is 1490. The Kier molecular flexibility index (Phi) is 8.45. The molecule has 1 amide bonds. The topological polar surface area (TPSA) is 93.5 Å². The van der Waals surface area contributed by atoms with Crippen molar-refractivity contribution in [2.24, 2.45) is 0 Å². The van der Waals surface area contributed by atoms with Crippen LogP contribution in [0.3, 0.4) is 0 Å². The van der Waals surface area contributed by atoms with E-state index in [4.69, 9.17) is 0 Å². The molecule has 4 rings (SSSR count). The molecule has 1 aliphatic rings. The number of hydrogen-bond acceptors (Lipinski definition) is 4. The minimum atomic E-state index is -3.57. The number of benzene rings is 3. The molecule has 1 N–H and O–H groups in total. The second-order valence-corrected chi connectivity index (χ2v) is 12.1. The molecule has 0 spiro atoms. The van der Waals surface area contributed by atoms with Crippen LogP contribution in [0.4, 0.5) is 14.5 Å². The molecule has 3 aromatic carbocycles. The van der Waals surface area contributed by atoms with Gasteiger partial charge >= 0.3 is 0 Å². The van der Waals surface area contributed by atoms with Crippen molar-refractivity contribution in [3.63, 3.8) is 0 Å². The van der Waals surface area contributed by atoms with Crippen LogP contribution in [-0.2, 0) is 20.4 Å². The molecule has 1 heterocycles. The average Bonchev–Trinajstić information content (AvgIpc) is 2.94. The SMILES string of the molecule is CN(C)S(=O)(=O)N1CCC(CCC(=O)Nc2ccc(F)c(F)c2)(c2ccc(-c3cccc(C#N)c3)cc2)CC1. The van der Waals surface area contributed by atoms with E-state index in [1.54, 1.807) is 6.07 Å². The summed E-state index contributed by atoms with van der Waals surface area (Å²) in [6.07, 6.45) is 1.59. The summed E-state index contributed by atoms with van der Waals surface area (Å²) in [7, 11) is -0.567. The summed E-state index contributed by atoms with van der Waals surface area (Å²) >= 11 is 0. The normalized spacial score (nSPS) is 15.6. The zero-order valence-corrected chi connectivity index (χ0v) is 22.6. The predicted molar refractivity (Wildman–Crippen MR) is 146 cm³/mol. The number of nitriles is 1. The lowest BCUT2D eigenvalue weighted by Gasteiger charge is -2.42.